The molecule has 0 fully saturated rings. The van der Waals surface area contributed by atoms with E-state index in [0.29, 0.717) is 6.61 Å². The van der Waals surface area contributed by atoms with Crippen LogP contribution < -0.4 is 10.5 Å². The third-order valence-electron chi connectivity index (χ3n) is 3.32. The Labute approximate surface area is 128 Å². The van der Waals surface area contributed by atoms with Gasteiger partial charge in [-0.05, 0) is 43.2 Å². The summed E-state index contributed by atoms with van der Waals surface area (Å²) in [6, 6.07) is 16.2. The number of rotatable bonds is 5. The lowest BCUT2D eigenvalue weighted by Gasteiger charge is -2.09. The number of ether oxygens (including phenoxy) is 1. The van der Waals surface area contributed by atoms with Gasteiger partial charge in [0.15, 0.2) is 0 Å². The van der Waals surface area contributed by atoms with E-state index >= 15 is 0 Å². The van der Waals surface area contributed by atoms with Gasteiger partial charge in [-0.2, -0.15) is 0 Å². The molecule has 108 valence electrons. The van der Waals surface area contributed by atoms with Crippen molar-refractivity contribution in [1.82, 2.24) is 4.98 Å². The first-order chi connectivity index (χ1) is 10.3. The van der Waals surface area contributed by atoms with Crippen molar-refractivity contribution >= 4 is 21.6 Å². The van der Waals surface area contributed by atoms with Gasteiger partial charge in [0.2, 0.25) is 0 Å². The first-order valence-electron chi connectivity index (χ1n) is 7.09. The van der Waals surface area contributed by atoms with E-state index in [4.69, 9.17) is 10.5 Å². The van der Waals surface area contributed by atoms with E-state index in [1.165, 1.54) is 10.3 Å². The SMILES string of the molecule is CCOc1ccc(CC(N)c2nc3ccccc3s2)cc1. The Morgan fingerprint density at radius 2 is 1.90 bits per heavy atom. The van der Waals surface area contributed by atoms with Crippen molar-refractivity contribution in [3.8, 4) is 5.75 Å². The Kier molecular flexibility index (Phi) is 4.18. The predicted molar refractivity (Wildman–Crippen MR) is 87.9 cm³/mol. The standard InChI is InChI=1S/C17H18N2OS/c1-2-20-13-9-7-12(8-10-13)11-14(18)17-19-15-5-3-4-6-16(15)21-17/h3-10,14H,2,11,18H2,1H3. The van der Waals surface area contributed by atoms with Crippen LogP contribution in [0.3, 0.4) is 0 Å². The summed E-state index contributed by atoms with van der Waals surface area (Å²) in [6.07, 6.45) is 0.784. The maximum atomic E-state index is 6.30. The van der Waals surface area contributed by atoms with Gasteiger partial charge in [-0.3, -0.25) is 0 Å². The fourth-order valence-electron chi connectivity index (χ4n) is 2.28. The molecule has 0 aliphatic rings. The number of hydrogen-bond acceptors (Lipinski definition) is 4. The number of benzene rings is 2. The highest BCUT2D eigenvalue weighted by molar-refractivity contribution is 7.18. The van der Waals surface area contributed by atoms with Gasteiger partial charge in [0.25, 0.3) is 0 Å². The predicted octanol–water partition coefficient (Wildman–Crippen LogP) is 3.94. The van der Waals surface area contributed by atoms with Crippen LogP contribution in [0.4, 0.5) is 0 Å². The average molecular weight is 298 g/mol. The Morgan fingerprint density at radius 3 is 2.62 bits per heavy atom. The molecule has 1 aromatic heterocycles. The molecular formula is C17H18N2OS. The first kappa shape index (κ1) is 14.0. The Balaban J connectivity index is 1.74. The minimum Gasteiger partial charge on any atom is -0.494 e. The van der Waals surface area contributed by atoms with Gasteiger partial charge >= 0.3 is 0 Å². The van der Waals surface area contributed by atoms with Crippen molar-refractivity contribution in [1.29, 1.82) is 0 Å². The molecule has 0 aliphatic heterocycles. The highest BCUT2D eigenvalue weighted by Gasteiger charge is 2.12. The third kappa shape index (κ3) is 3.23. The zero-order valence-corrected chi connectivity index (χ0v) is 12.8. The fraction of sp³-hybridized carbons (Fsp3) is 0.235. The van der Waals surface area contributed by atoms with E-state index in [1.807, 2.05) is 37.3 Å². The largest absolute Gasteiger partial charge is 0.494 e. The maximum absolute atomic E-state index is 6.30. The highest BCUT2D eigenvalue weighted by atomic mass is 32.1. The topological polar surface area (TPSA) is 48.1 Å². The maximum Gasteiger partial charge on any atom is 0.119 e. The van der Waals surface area contributed by atoms with Crippen LogP contribution in [-0.4, -0.2) is 11.6 Å². The van der Waals surface area contributed by atoms with Crippen LogP contribution in [0.1, 0.15) is 23.5 Å². The molecule has 0 saturated carbocycles. The summed E-state index contributed by atoms with van der Waals surface area (Å²) in [7, 11) is 0. The second-order valence-electron chi connectivity index (χ2n) is 4.91. The molecule has 1 unspecified atom stereocenters. The number of para-hydroxylation sites is 1. The summed E-state index contributed by atoms with van der Waals surface area (Å²) in [5.41, 5.74) is 8.53. The zero-order valence-electron chi connectivity index (χ0n) is 12.0. The number of nitrogens with two attached hydrogens (primary N) is 1. The van der Waals surface area contributed by atoms with Crippen LogP contribution in [0.15, 0.2) is 48.5 Å². The second kappa shape index (κ2) is 6.24. The van der Waals surface area contributed by atoms with Gasteiger partial charge in [-0.25, -0.2) is 4.98 Å². The molecule has 4 heteroatoms. The average Bonchev–Trinajstić information content (AvgIpc) is 2.94. The van der Waals surface area contributed by atoms with Gasteiger partial charge < -0.3 is 10.5 Å². The quantitative estimate of drug-likeness (QED) is 0.776. The highest BCUT2D eigenvalue weighted by Crippen LogP contribution is 2.27. The number of thiazole rings is 1. The lowest BCUT2D eigenvalue weighted by atomic mass is 10.1. The summed E-state index contributed by atoms with van der Waals surface area (Å²) >= 11 is 1.68. The van der Waals surface area contributed by atoms with E-state index < -0.39 is 0 Å². The van der Waals surface area contributed by atoms with Crippen LogP contribution in [-0.2, 0) is 6.42 Å². The summed E-state index contributed by atoms with van der Waals surface area (Å²) < 4.78 is 6.64. The number of nitrogens with zero attached hydrogens (tertiary/aromatic N) is 1. The van der Waals surface area contributed by atoms with Gasteiger partial charge in [-0.15, -0.1) is 11.3 Å². The molecule has 0 aliphatic carbocycles. The molecule has 1 heterocycles. The normalized spacial score (nSPS) is 12.5. The molecule has 2 aromatic carbocycles. The lowest BCUT2D eigenvalue weighted by Crippen LogP contribution is -2.12. The van der Waals surface area contributed by atoms with Crippen molar-refractivity contribution in [2.24, 2.45) is 5.73 Å². The minimum absolute atomic E-state index is 0.0691. The molecule has 0 saturated heterocycles. The monoisotopic (exact) mass is 298 g/mol. The number of hydrogen-bond donors (Lipinski definition) is 1. The van der Waals surface area contributed by atoms with Crippen LogP contribution in [0.2, 0.25) is 0 Å². The zero-order chi connectivity index (χ0) is 14.7. The van der Waals surface area contributed by atoms with E-state index in [0.717, 1.165) is 22.7 Å². The molecule has 21 heavy (non-hydrogen) atoms. The molecule has 2 N–H and O–H groups in total. The molecule has 0 spiro atoms. The van der Waals surface area contributed by atoms with Gasteiger partial charge in [-0.1, -0.05) is 24.3 Å². The smallest absolute Gasteiger partial charge is 0.119 e. The summed E-state index contributed by atoms with van der Waals surface area (Å²) in [4.78, 5) is 4.62. The van der Waals surface area contributed by atoms with E-state index in [-0.39, 0.29) is 6.04 Å². The van der Waals surface area contributed by atoms with Crippen molar-refractivity contribution in [3.63, 3.8) is 0 Å². The number of aromatic nitrogens is 1. The van der Waals surface area contributed by atoms with Crippen LogP contribution >= 0.6 is 11.3 Å². The van der Waals surface area contributed by atoms with Crippen molar-refractivity contribution in [3.05, 3.63) is 59.1 Å². The molecule has 3 nitrogen and oxygen atoms in total. The van der Waals surface area contributed by atoms with Crippen molar-refractivity contribution in [2.45, 2.75) is 19.4 Å². The first-order valence-corrected chi connectivity index (χ1v) is 7.90. The molecule has 0 amide bonds. The van der Waals surface area contributed by atoms with Crippen molar-refractivity contribution < 1.29 is 4.74 Å². The molecule has 0 radical (unpaired) electrons. The van der Waals surface area contributed by atoms with Gasteiger partial charge in [0.1, 0.15) is 10.8 Å². The van der Waals surface area contributed by atoms with Gasteiger partial charge in [0, 0.05) is 0 Å². The molecule has 3 aromatic rings. The Morgan fingerprint density at radius 1 is 1.14 bits per heavy atom. The third-order valence-corrected chi connectivity index (χ3v) is 4.49. The summed E-state index contributed by atoms with van der Waals surface area (Å²) in [5.74, 6) is 0.898. The van der Waals surface area contributed by atoms with E-state index in [2.05, 4.69) is 23.2 Å². The number of fused-ring (bicyclic) bond motifs is 1. The molecule has 3 rings (SSSR count). The van der Waals surface area contributed by atoms with E-state index in [1.54, 1.807) is 11.3 Å². The Bertz CT molecular complexity index is 688. The minimum atomic E-state index is -0.0691. The van der Waals surface area contributed by atoms with Crippen molar-refractivity contribution in [2.75, 3.05) is 6.61 Å². The van der Waals surface area contributed by atoms with E-state index in [9.17, 15) is 0 Å². The molecular weight excluding hydrogens is 280 g/mol. The lowest BCUT2D eigenvalue weighted by molar-refractivity contribution is 0.340. The molecule has 1 atom stereocenters. The van der Waals surface area contributed by atoms with Crippen LogP contribution in [0.5, 0.6) is 5.75 Å². The fourth-order valence-corrected chi connectivity index (χ4v) is 3.25. The van der Waals surface area contributed by atoms with Crippen LogP contribution in [0, 0.1) is 0 Å². The Hall–Kier alpha value is -1.91. The van der Waals surface area contributed by atoms with Gasteiger partial charge in [0.05, 0.1) is 22.9 Å². The summed E-state index contributed by atoms with van der Waals surface area (Å²) in [5, 5.41) is 0.991. The summed E-state index contributed by atoms with van der Waals surface area (Å²) in [6.45, 7) is 2.67. The molecule has 0 bridgehead atoms. The van der Waals surface area contributed by atoms with Crippen LogP contribution in [0.25, 0.3) is 10.2 Å². The second-order valence-corrected chi connectivity index (χ2v) is 5.97.